The van der Waals surface area contributed by atoms with E-state index >= 15 is 0 Å². The standard InChI is InChI=1S/C14H15N3O2/c15-16-14(19)12-7-4-8-17(9-12)10-13(18)11-5-2-1-3-6-11/h1-8H,9-10,15H2,(H,16,19). The van der Waals surface area contributed by atoms with Gasteiger partial charge in [0.2, 0.25) is 0 Å². The van der Waals surface area contributed by atoms with Crippen molar-refractivity contribution >= 4 is 11.7 Å². The molecule has 1 heterocycles. The molecule has 1 aromatic rings. The van der Waals surface area contributed by atoms with Crippen LogP contribution in [-0.4, -0.2) is 29.7 Å². The molecule has 1 aliphatic rings. The van der Waals surface area contributed by atoms with E-state index in [4.69, 9.17) is 5.84 Å². The van der Waals surface area contributed by atoms with Gasteiger partial charge in [0.05, 0.1) is 6.54 Å². The number of hydrogen-bond donors (Lipinski definition) is 2. The van der Waals surface area contributed by atoms with Crippen LogP contribution in [-0.2, 0) is 4.79 Å². The topological polar surface area (TPSA) is 75.4 Å². The van der Waals surface area contributed by atoms with Crippen molar-refractivity contribution in [2.24, 2.45) is 5.84 Å². The molecule has 0 aliphatic carbocycles. The number of carbonyl (C=O) groups excluding carboxylic acids is 2. The molecule has 0 unspecified atom stereocenters. The quantitative estimate of drug-likeness (QED) is 0.359. The SMILES string of the molecule is NNC(=O)C1=CC=CN(CC(=O)c2ccccc2)C1. The van der Waals surface area contributed by atoms with Crippen LogP contribution >= 0.6 is 0 Å². The first kappa shape index (κ1) is 13.0. The number of nitrogens with one attached hydrogen (secondary N) is 1. The number of nitrogens with two attached hydrogens (primary N) is 1. The molecule has 98 valence electrons. The van der Waals surface area contributed by atoms with E-state index in [0.717, 1.165) is 0 Å². The van der Waals surface area contributed by atoms with Crippen molar-refractivity contribution in [3.63, 3.8) is 0 Å². The predicted molar refractivity (Wildman–Crippen MR) is 71.9 cm³/mol. The molecule has 1 aliphatic heterocycles. The van der Waals surface area contributed by atoms with Gasteiger partial charge in [-0.05, 0) is 12.3 Å². The van der Waals surface area contributed by atoms with Gasteiger partial charge in [-0.3, -0.25) is 15.0 Å². The second kappa shape index (κ2) is 5.97. The summed E-state index contributed by atoms with van der Waals surface area (Å²) in [5, 5.41) is 0. The summed E-state index contributed by atoms with van der Waals surface area (Å²) in [4.78, 5) is 25.2. The maximum atomic E-state index is 12.0. The molecule has 3 N–H and O–H groups in total. The summed E-state index contributed by atoms with van der Waals surface area (Å²) in [5.41, 5.74) is 3.28. The Balaban J connectivity index is 1.99. The monoisotopic (exact) mass is 257 g/mol. The summed E-state index contributed by atoms with van der Waals surface area (Å²) in [6.07, 6.45) is 5.20. The van der Waals surface area contributed by atoms with E-state index in [-0.39, 0.29) is 18.2 Å². The molecule has 0 aromatic heterocycles. The highest BCUT2D eigenvalue weighted by molar-refractivity contribution is 5.98. The number of amides is 1. The van der Waals surface area contributed by atoms with Crippen LogP contribution in [0.15, 0.2) is 54.3 Å². The first-order chi connectivity index (χ1) is 9.20. The molecule has 0 bridgehead atoms. The van der Waals surface area contributed by atoms with Gasteiger partial charge in [-0.2, -0.15) is 0 Å². The van der Waals surface area contributed by atoms with Gasteiger partial charge in [0.1, 0.15) is 0 Å². The van der Waals surface area contributed by atoms with Crippen LogP contribution in [0.4, 0.5) is 0 Å². The van der Waals surface area contributed by atoms with E-state index in [9.17, 15) is 9.59 Å². The first-order valence-electron chi connectivity index (χ1n) is 5.91. The zero-order valence-electron chi connectivity index (χ0n) is 10.4. The molecular weight excluding hydrogens is 242 g/mol. The lowest BCUT2D eigenvalue weighted by molar-refractivity contribution is -0.117. The minimum absolute atomic E-state index is 0.0136. The van der Waals surface area contributed by atoms with Crippen LogP contribution in [0.3, 0.4) is 0 Å². The van der Waals surface area contributed by atoms with Gasteiger partial charge in [0.25, 0.3) is 5.91 Å². The van der Waals surface area contributed by atoms with Crippen molar-refractivity contribution in [3.05, 3.63) is 59.8 Å². The lowest BCUT2D eigenvalue weighted by atomic mass is 10.1. The van der Waals surface area contributed by atoms with E-state index in [1.165, 1.54) is 0 Å². The van der Waals surface area contributed by atoms with E-state index in [0.29, 0.717) is 17.7 Å². The lowest BCUT2D eigenvalue weighted by Gasteiger charge is -2.23. The molecule has 2 rings (SSSR count). The number of Topliss-reactive ketones (excluding diaryl/α,β-unsaturated/α-hetero) is 1. The van der Waals surface area contributed by atoms with Crippen molar-refractivity contribution in [1.29, 1.82) is 0 Å². The van der Waals surface area contributed by atoms with E-state index < -0.39 is 0 Å². The van der Waals surface area contributed by atoms with Crippen LogP contribution in [0.5, 0.6) is 0 Å². The number of hydrazine groups is 1. The summed E-state index contributed by atoms with van der Waals surface area (Å²) in [6.45, 7) is 0.605. The summed E-state index contributed by atoms with van der Waals surface area (Å²) in [7, 11) is 0. The Kier molecular flexibility index (Phi) is 4.10. The smallest absolute Gasteiger partial charge is 0.262 e. The van der Waals surface area contributed by atoms with Crippen molar-refractivity contribution in [2.75, 3.05) is 13.1 Å². The molecule has 1 aromatic carbocycles. The molecule has 5 heteroatoms. The van der Waals surface area contributed by atoms with E-state index in [1.54, 1.807) is 35.4 Å². The Morgan fingerprint density at radius 1 is 1.26 bits per heavy atom. The molecule has 1 amide bonds. The Labute approximate surface area is 111 Å². The molecule has 0 atom stereocenters. The van der Waals surface area contributed by atoms with Crippen LogP contribution in [0.2, 0.25) is 0 Å². The highest BCUT2D eigenvalue weighted by Gasteiger charge is 2.16. The number of ketones is 1. The van der Waals surface area contributed by atoms with Gasteiger partial charge in [-0.25, -0.2) is 5.84 Å². The minimum atomic E-state index is -0.332. The lowest BCUT2D eigenvalue weighted by Crippen LogP contribution is -2.37. The van der Waals surface area contributed by atoms with Crippen LogP contribution in [0.1, 0.15) is 10.4 Å². The number of hydrogen-bond acceptors (Lipinski definition) is 4. The molecule has 0 saturated carbocycles. The highest BCUT2D eigenvalue weighted by Crippen LogP contribution is 2.09. The van der Waals surface area contributed by atoms with Crippen molar-refractivity contribution < 1.29 is 9.59 Å². The van der Waals surface area contributed by atoms with Gasteiger partial charge < -0.3 is 4.90 Å². The summed E-state index contributed by atoms with van der Waals surface area (Å²) in [5.74, 6) is 4.77. The van der Waals surface area contributed by atoms with Gasteiger partial charge in [0, 0.05) is 17.7 Å². The Bertz CT molecular complexity index is 535. The summed E-state index contributed by atoms with van der Waals surface area (Å²) in [6, 6.07) is 9.07. The van der Waals surface area contributed by atoms with Crippen LogP contribution in [0.25, 0.3) is 0 Å². The van der Waals surface area contributed by atoms with Crippen molar-refractivity contribution in [2.45, 2.75) is 0 Å². The number of rotatable bonds is 4. The molecule has 19 heavy (non-hydrogen) atoms. The molecular formula is C14H15N3O2. The first-order valence-corrected chi connectivity index (χ1v) is 5.91. The van der Waals surface area contributed by atoms with Crippen molar-refractivity contribution in [1.82, 2.24) is 10.3 Å². The fourth-order valence-electron chi connectivity index (χ4n) is 1.85. The van der Waals surface area contributed by atoms with Crippen LogP contribution < -0.4 is 11.3 Å². The largest absolute Gasteiger partial charge is 0.365 e. The average molecular weight is 257 g/mol. The van der Waals surface area contributed by atoms with E-state index in [2.05, 4.69) is 5.43 Å². The van der Waals surface area contributed by atoms with Crippen LogP contribution in [0, 0.1) is 0 Å². The number of benzene rings is 1. The van der Waals surface area contributed by atoms with Gasteiger partial charge in [-0.15, -0.1) is 0 Å². The molecule has 0 radical (unpaired) electrons. The Hall–Kier alpha value is -2.40. The second-order valence-corrected chi connectivity index (χ2v) is 4.20. The fourth-order valence-corrected chi connectivity index (χ4v) is 1.85. The number of nitrogens with zero attached hydrogens (tertiary/aromatic N) is 1. The molecule has 0 spiro atoms. The average Bonchev–Trinajstić information content (AvgIpc) is 2.47. The Morgan fingerprint density at radius 2 is 2.00 bits per heavy atom. The number of allylic oxidation sites excluding steroid dienone is 2. The maximum Gasteiger partial charge on any atom is 0.262 e. The third-order valence-electron chi connectivity index (χ3n) is 2.83. The maximum absolute atomic E-state index is 12.0. The van der Waals surface area contributed by atoms with Gasteiger partial charge in [0.15, 0.2) is 5.78 Å². The van der Waals surface area contributed by atoms with Crippen molar-refractivity contribution in [3.8, 4) is 0 Å². The van der Waals surface area contributed by atoms with Gasteiger partial charge in [-0.1, -0.05) is 36.4 Å². The predicted octanol–water partition coefficient (Wildman–Crippen LogP) is 0.615. The minimum Gasteiger partial charge on any atom is -0.365 e. The molecule has 0 saturated heterocycles. The zero-order valence-corrected chi connectivity index (χ0v) is 10.4. The Morgan fingerprint density at radius 3 is 2.68 bits per heavy atom. The van der Waals surface area contributed by atoms with E-state index in [1.807, 2.05) is 18.2 Å². The summed E-state index contributed by atoms with van der Waals surface area (Å²) < 4.78 is 0. The molecule has 5 nitrogen and oxygen atoms in total. The fraction of sp³-hybridized carbons (Fsp3) is 0.143. The second-order valence-electron chi connectivity index (χ2n) is 4.20. The highest BCUT2D eigenvalue weighted by atomic mass is 16.2. The third kappa shape index (κ3) is 3.29. The summed E-state index contributed by atoms with van der Waals surface area (Å²) >= 11 is 0. The number of carbonyl (C=O) groups is 2. The third-order valence-corrected chi connectivity index (χ3v) is 2.83. The molecule has 0 fully saturated rings. The zero-order chi connectivity index (χ0) is 13.7. The van der Waals surface area contributed by atoms with Gasteiger partial charge >= 0.3 is 0 Å². The normalized spacial score (nSPS) is 13.9.